The first-order chi connectivity index (χ1) is 18.7. The van der Waals surface area contributed by atoms with Crippen LogP contribution in [0.4, 0.5) is 10.2 Å². The smallest absolute Gasteiger partial charge is 0.319 e. The number of carbonyl (C=O) groups is 1. The number of anilines is 1. The summed E-state index contributed by atoms with van der Waals surface area (Å²) < 4.78 is 22.4. The highest BCUT2D eigenvalue weighted by molar-refractivity contribution is 6.01. The molecular weight excluding hydrogens is 497 g/mol. The lowest BCUT2D eigenvalue weighted by atomic mass is 9.96. The largest absolute Gasteiger partial charge is 0.508 e. The number of carbonyl (C=O) groups excluding carboxylic acids is 1. The summed E-state index contributed by atoms with van der Waals surface area (Å²) in [4.78, 5) is 23.1. The van der Waals surface area contributed by atoms with Crippen molar-refractivity contribution in [3.63, 3.8) is 0 Å². The Labute approximate surface area is 226 Å². The minimum absolute atomic E-state index is 0.0543. The van der Waals surface area contributed by atoms with E-state index in [-0.39, 0.29) is 29.8 Å². The first-order valence-corrected chi connectivity index (χ1v) is 13.3. The minimum Gasteiger partial charge on any atom is -0.508 e. The highest BCUT2D eigenvalue weighted by Gasteiger charge is 2.34. The van der Waals surface area contributed by atoms with Crippen molar-refractivity contribution >= 4 is 33.4 Å². The number of amides is 1. The van der Waals surface area contributed by atoms with Crippen LogP contribution in [0.25, 0.3) is 32.8 Å². The number of fused-ring (bicyclic) bond motifs is 4. The number of ether oxygens (including phenoxy) is 1. The first kappa shape index (κ1) is 25.3. The molecule has 0 saturated carbocycles. The van der Waals surface area contributed by atoms with Crippen molar-refractivity contribution in [1.29, 1.82) is 0 Å². The van der Waals surface area contributed by atoms with Crippen LogP contribution in [0.3, 0.4) is 0 Å². The van der Waals surface area contributed by atoms with Gasteiger partial charge in [-0.1, -0.05) is 30.3 Å². The molecule has 202 valence electrons. The fourth-order valence-corrected chi connectivity index (χ4v) is 5.88. The van der Waals surface area contributed by atoms with Crippen molar-refractivity contribution in [3.8, 4) is 22.9 Å². The number of halogens is 1. The summed E-state index contributed by atoms with van der Waals surface area (Å²) in [6.45, 7) is 6.78. The van der Waals surface area contributed by atoms with Crippen LogP contribution in [-0.4, -0.2) is 58.3 Å². The summed E-state index contributed by atoms with van der Waals surface area (Å²) in [5, 5.41) is 19.1. The van der Waals surface area contributed by atoms with Gasteiger partial charge in [0.2, 0.25) is 5.91 Å². The van der Waals surface area contributed by atoms with Crippen LogP contribution < -0.4 is 20.3 Å². The average Bonchev–Trinajstić information content (AvgIpc) is 3.23. The predicted molar refractivity (Wildman–Crippen MR) is 150 cm³/mol. The molecule has 0 aliphatic carbocycles. The number of phenols is 1. The van der Waals surface area contributed by atoms with E-state index >= 15 is 4.39 Å². The second-order valence-electron chi connectivity index (χ2n) is 11.3. The lowest BCUT2D eigenvalue weighted by Crippen LogP contribution is -2.51. The third-order valence-electron chi connectivity index (χ3n) is 7.50. The average molecular weight is 530 g/mol. The molecule has 3 N–H and O–H groups in total. The van der Waals surface area contributed by atoms with Crippen LogP contribution in [0.1, 0.15) is 33.6 Å². The molecule has 2 atom stereocenters. The number of nitrogens with zero attached hydrogens (tertiary/aromatic N) is 3. The van der Waals surface area contributed by atoms with Gasteiger partial charge in [-0.05, 0) is 61.2 Å². The highest BCUT2D eigenvalue weighted by Crippen LogP contribution is 2.39. The Bertz CT molecular complexity index is 1580. The molecule has 0 spiro atoms. The zero-order valence-corrected chi connectivity index (χ0v) is 22.3. The van der Waals surface area contributed by atoms with Gasteiger partial charge in [0.1, 0.15) is 23.7 Å². The summed E-state index contributed by atoms with van der Waals surface area (Å²) in [6, 6.07) is 15.2. The van der Waals surface area contributed by atoms with E-state index in [1.165, 1.54) is 6.92 Å². The molecule has 3 aromatic carbocycles. The van der Waals surface area contributed by atoms with Gasteiger partial charge in [-0.25, -0.2) is 4.39 Å². The zero-order chi connectivity index (χ0) is 27.3. The second-order valence-corrected chi connectivity index (χ2v) is 11.3. The summed E-state index contributed by atoms with van der Waals surface area (Å²) in [6.07, 6.45) is 2.20. The summed E-state index contributed by atoms with van der Waals surface area (Å²) >= 11 is 0. The number of phenolic OH excluding ortho intramolecular Hbond substituents is 1. The van der Waals surface area contributed by atoms with Gasteiger partial charge < -0.3 is 25.4 Å². The molecule has 4 aromatic rings. The Hall–Kier alpha value is -3.98. The molecule has 2 aliphatic heterocycles. The van der Waals surface area contributed by atoms with Gasteiger partial charge in [0.05, 0.1) is 5.54 Å². The Morgan fingerprint density at radius 1 is 1.10 bits per heavy atom. The third kappa shape index (κ3) is 4.94. The number of benzene rings is 3. The van der Waals surface area contributed by atoms with Crippen molar-refractivity contribution in [1.82, 2.24) is 20.6 Å². The number of hydrogen-bond donors (Lipinski definition) is 3. The van der Waals surface area contributed by atoms with E-state index in [4.69, 9.17) is 9.72 Å². The molecule has 2 bridgehead atoms. The van der Waals surface area contributed by atoms with E-state index in [0.717, 1.165) is 36.7 Å². The SMILES string of the molecule is CC(=O)NC(C)(C)COc1nc(N2C[C@H]3CC[C@@H](C2)N3)c2ccc(-c3cc(O)cc4ccccc34)c(F)c2n1. The Balaban J connectivity index is 1.48. The Kier molecular flexibility index (Phi) is 6.26. The number of piperazine rings is 1. The normalized spacial score (nSPS) is 19.0. The fourth-order valence-electron chi connectivity index (χ4n) is 5.88. The van der Waals surface area contributed by atoms with Gasteiger partial charge in [0.15, 0.2) is 5.82 Å². The van der Waals surface area contributed by atoms with Crippen LogP contribution >= 0.6 is 0 Å². The molecule has 1 amide bonds. The number of nitrogens with one attached hydrogen (secondary N) is 2. The molecule has 9 heteroatoms. The fraction of sp³-hybridized carbons (Fsp3) is 0.367. The molecule has 8 nitrogen and oxygen atoms in total. The summed E-state index contributed by atoms with van der Waals surface area (Å²) in [7, 11) is 0. The van der Waals surface area contributed by atoms with E-state index < -0.39 is 11.4 Å². The molecule has 2 fully saturated rings. The van der Waals surface area contributed by atoms with Gasteiger partial charge in [0, 0.05) is 43.0 Å². The van der Waals surface area contributed by atoms with Gasteiger partial charge in [0.25, 0.3) is 0 Å². The molecule has 2 aliphatic rings. The number of aromatic hydroxyl groups is 1. The number of aromatic nitrogens is 2. The quantitative estimate of drug-likeness (QED) is 0.338. The van der Waals surface area contributed by atoms with Crippen LogP contribution in [0.2, 0.25) is 0 Å². The van der Waals surface area contributed by atoms with Gasteiger partial charge in [-0.15, -0.1) is 0 Å². The topological polar surface area (TPSA) is 99.6 Å². The van der Waals surface area contributed by atoms with Crippen molar-refractivity contribution < 1.29 is 19.0 Å². The standard InChI is InChI=1S/C30H32FN5O3/c1-17(37)35-30(2,3)16-39-29-33-27-24(28(34-29)36-14-19-8-9-20(15-36)32-19)11-10-23(26(27)31)25-13-21(38)12-18-6-4-5-7-22(18)25/h4-7,10-13,19-20,32,38H,8-9,14-16H2,1-3H3,(H,35,37)/t19-,20+. The van der Waals surface area contributed by atoms with Crippen molar-refractivity contribution in [3.05, 3.63) is 54.3 Å². The predicted octanol–water partition coefficient (Wildman–Crippen LogP) is 4.53. The molecule has 0 unspecified atom stereocenters. The maximum absolute atomic E-state index is 16.4. The summed E-state index contributed by atoms with van der Waals surface area (Å²) in [5.74, 6) is 0.0223. The van der Waals surface area contributed by atoms with Gasteiger partial charge in [-0.3, -0.25) is 4.79 Å². The van der Waals surface area contributed by atoms with Crippen molar-refractivity contribution in [2.24, 2.45) is 0 Å². The molecule has 1 aromatic heterocycles. The third-order valence-corrected chi connectivity index (χ3v) is 7.50. The zero-order valence-electron chi connectivity index (χ0n) is 22.3. The Morgan fingerprint density at radius 3 is 2.59 bits per heavy atom. The van der Waals surface area contributed by atoms with Crippen LogP contribution in [0, 0.1) is 5.82 Å². The highest BCUT2D eigenvalue weighted by atomic mass is 19.1. The van der Waals surface area contributed by atoms with Crippen LogP contribution in [0.5, 0.6) is 11.8 Å². The molecule has 39 heavy (non-hydrogen) atoms. The lowest BCUT2D eigenvalue weighted by molar-refractivity contribution is -0.120. The second kappa shape index (κ2) is 9.64. The maximum Gasteiger partial charge on any atom is 0.319 e. The number of hydrogen-bond acceptors (Lipinski definition) is 7. The monoisotopic (exact) mass is 529 g/mol. The Morgan fingerprint density at radius 2 is 1.85 bits per heavy atom. The molecule has 3 heterocycles. The molecular formula is C30H32FN5O3. The van der Waals surface area contributed by atoms with E-state index in [1.807, 2.05) is 44.2 Å². The lowest BCUT2D eigenvalue weighted by Gasteiger charge is -2.34. The minimum atomic E-state index is -0.667. The summed E-state index contributed by atoms with van der Waals surface area (Å²) in [5.41, 5.74) is 0.409. The molecule has 6 rings (SSSR count). The number of rotatable bonds is 6. The first-order valence-electron chi connectivity index (χ1n) is 13.3. The van der Waals surface area contributed by atoms with Crippen molar-refractivity contribution in [2.75, 3.05) is 24.6 Å². The van der Waals surface area contributed by atoms with E-state index in [0.29, 0.717) is 34.4 Å². The van der Waals surface area contributed by atoms with E-state index in [2.05, 4.69) is 20.5 Å². The van der Waals surface area contributed by atoms with Gasteiger partial charge in [-0.2, -0.15) is 9.97 Å². The van der Waals surface area contributed by atoms with Crippen LogP contribution in [0.15, 0.2) is 48.5 Å². The molecule has 0 radical (unpaired) electrons. The van der Waals surface area contributed by atoms with Crippen LogP contribution in [-0.2, 0) is 4.79 Å². The van der Waals surface area contributed by atoms with E-state index in [1.54, 1.807) is 18.2 Å². The van der Waals surface area contributed by atoms with Gasteiger partial charge >= 0.3 is 6.01 Å². The van der Waals surface area contributed by atoms with E-state index in [9.17, 15) is 9.90 Å². The molecule has 2 saturated heterocycles. The maximum atomic E-state index is 16.4. The van der Waals surface area contributed by atoms with Crippen molar-refractivity contribution in [2.45, 2.75) is 51.2 Å².